The first-order chi connectivity index (χ1) is 12.5. The summed E-state index contributed by atoms with van der Waals surface area (Å²) >= 11 is 0. The second kappa shape index (κ2) is 10.6. The molecule has 0 atom stereocenters. The lowest BCUT2D eigenvalue weighted by molar-refractivity contribution is -0.134. The van der Waals surface area contributed by atoms with Gasteiger partial charge in [0.1, 0.15) is 5.75 Å². The minimum absolute atomic E-state index is 0.215. The molecule has 1 aliphatic rings. The monoisotopic (exact) mass is 370 g/mol. The smallest absolute Gasteiger partial charge is 0.311 e. The van der Waals surface area contributed by atoms with Crippen molar-refractivity contribution in [3.8, 4) is 5.75 Å². The maximum Gasteiger partial charge on any atom is 0.311 e. The molecule has 0 aromatic heterocycles. The summed E-state index contributed by atoms with van der Waals surface area (Å²) in [6.07, 6.45) is 12.2. The number of benzene rings is 1. The standard InChI is InChI=1S/C21H29F3O2/c1-2-3-4-5-6-15-7-9-16(10-8-15)11-12-20(25)26-17-13-18(22)21(24)19(23)14-17/h13-16H,2-12H2,1H3. The number of esters is 1. The summed E-state index contributed by atoms with van der Waals surface area (Å²) in [5.41, 5.74) is 0. The van der Waals surface area contributed by atoms with Crippen LogP contribution < -0.4 is 4.74 Å². The van der Waals surface area contributed by atoms with E-state index >= 15 is 0 Å². The van der Waals surface area contributed by atoms with Crippen LogP contribution in [0.3, 0.4) is 0 Å². The lowest BCUT2D eigenvalue weighted by Gasteiger charge is -2.28. The maximum absolute atomic E-state index is 13.1. The van der Waals surface area contributed by atoms with Gasteiger partial charge in [0.05, 0.1) is 0 Å². The van der Waals surface area contributed by atoms with E-state index in [4.69, 9.17) is 4.74 Å². The Hall–Kier alpha value is -1.52. The molecule has 146 valence electrons. The van der Waals surface area contributed by atoms with E-state index in [1.165, 1.54) is 44.9 Å². The Bertz CT molecular complexity index is 558. The average Bonchev–Trinajstić information content (AvgIpc) is 2.62. The molecular formula is C21H29F3O2. The molecule has 0 aliphatic heterocycles. The summed E-state index contributed by atoms with van der Waals surface area (Å²) < 4.78 is 44.1. The average molecular weight is 370 g/mol. The number of unbranched alkanes of at least 4 members (excludes halogenated alkanes) is 3. The number of rotatable bonds is 9. The van der Waals surface area contributed by atoms with E-state index in [1.807, 2.05) is 0 Å². The van der Waals surface area contributed by atoms with Gasteiger partial charge in [-0.05, 0) is 18.3 Å². The Morgan fingerprint density at radius 1 is 0.962 bits per heavy atom. The number of hydrogen-bond donors (Lipinski definition) is 0. The first-order valence-electron chi connectivity index (χ1n) is 9.84. The Balaban J connectivity index is 1.66. The van der Waals surface area contributed by atoms with Crippen LogP contribution in [0.25, 0.3) is 0 Å². The minimum atomic E-state index is -1.56. The number of carbonyl (C=O) groups excluding carboxylic acids is 1. The molecule has 5 heteroatoms. The van der Waals surface area contributed by atoms with Crippen molar-refractivity contribution in [2.24, 2.45) is 11.8 Å². The molecule has 0 heterocycles. The summed E-state index contributed by atoms with van der Waals surface area (Å²) in [7, 11) is 0. The second-order valence-electron chi connectivity index (χ2n) is 7.45. The highest BCUT2D eigenvalue weighted by Crippen LogP contribution is 2.34. The number of hydrogen-bond acceptors (Lipinski definition) is 2. The number of ether oxygens (including phenoxy) is 1. The van der Waals surface area contributed by atoms with E-state index in [0.29, 0.717) is 18.1 Å². The van der Waals surface area contributed by atoms with Gasteiger partial charge in [-0.2, -0.15) is 0 Å². The molecule has 0 spiro atoms. The van der Waals surface area contributed by atoms with Gasteiger partial charge in [-0.15, -0.1) is 0 Å². The number of halogens is 3. The molecule has 1 saturated carbocycles. The number of carbonyl (C=O) groups is 1. The van der Waals surface area contributed by atoms with Crippen molar-refractivity contribution < 1.29 is 22.7 Å². The van der Waals surface area contributed by atoms with Crippen molar-refractivity contribution in [3.63, 3.8) is 0 Å². The molecule has 1 aromatic rings. The highest BCUT2D eigenvalue weighted by molar-refractivity contribution is 5.72. The van der Waals surface area contributed by atoms with E-state index in [-0.39, 0.29) is 12.2 Å². The quantitative estimate of drug-likeness (QED) is 0.213. The topological polar surface area (TPSA) is 26.3 Å². The third kappa shape index (κ3) is 6.65. The molecule has 1 aliphatic carbocycles. The highest BCUT2D eigenvalue weighted by atomic mass is 19.2. The third-order valence-corrected chi connectivity index (χ3v) is 5.38. The molecule has 0 saturated heterocycles. The molecule has 0 bridgehead atoms. The van der Waals surface area contributed by atoms with Crippen molar-refractivity contribution in [2.75, 3.05) is 0 Å². The van der Waals surface area contributed by atoms with Gasteiger partial charge in [0, 0.05) is 18.6 Å². The van der Waals surface area contributed by atoms with Crippen molar-refractivity contribution in [2.45, 2.75) is 77.6 Å². The fourth-order valence-corrected chi connectivity index (χ4v) is 3.76. The zero-order chi connectivity index (χ0) is 18.9. The molecule has 2 rings (SSSR count). The van der Waals surface area contributed by atoms with Gasteiger partial charge >= 0.3 is 5.97 Å². The first kappa shape index (κ1) is 20.8. The highest BCUT2D eigenvalue weighted by Gasteiger charge is 2.22. The Labute approximate surface area is 154 Å². The SMILES string of the molecule is CCCCCCC1CCC(CCC(=O)Oc2cc(F)c(F)c(F)c2)CC1. The van der Waals surface area contributed by atoms with Gasteiger partial charge in [-0.1, -0.05) is 64.7 Å². The summed E-state index contributed by atoms with van der Waals surface area (Å²) in [6, 6.07) is 1.39. The van der Waals surface area contributed by atoms with Crippen LogP contribution in [0.2, 0.25) is 0 Å². The van der Waals surface area contributed by atoms with Crippen LogP contribution in [-0.4, -0.2) is 5.97 Å². The van der Waals surface area contributed by atoms with Crippen LogP contribution in [0.15, 0.2) is 12.1 Å². The molecule has 26 heavy (non-hydrogen) atoms. The predicted octanol–water partition coefficient (Wildman–Crippen LogP) is 6.57. The largest absolute Gasteiger partial charge is 0.426 e. The van der Waals surface area contributed by atoms with Crippen LogP contribution in [0.4, 0.5) is 13.2 Å². The van der Waals surface area contributed by atoms with Crippen molar-refractivity contribution >= 4 is 5.97 Å². The van der Waals surface area contributed by atoms with Crippen LogP contribution in [0, 0.1) is 29.3 Å². The Morgan fingerprint density at radius 2 is 1.54 bits per heavy atom. The molecule has 0 N–H and O–H groups in total. The molecular weight excluding hydrogens is 341 g/mol. The summed E-state index contributed by atoms with van der Waals surface area (Å²) in [5, 5.41) is 0. The first-order valence-corrected chi connectivity index (χ1v) is 9.84. The summed E-state index contributed by atoms with van der Waals surface area (Å²) in [5.74, 6) is -3.76. The summed E-state index contributed by atoms with van der Waals surface area (Å²) in [4.78, 5) is 11.9. The lowest BCUT2D eigenvalue weighted by Crippen LogP contribution is -2.17. The molecule has 1 fully saturated rings. The zero-order valence-corrected chi connectivity index (χ0v) is 15.5. The molecule has 2 nitrogen and oxygen atoms in total. The fourth-order valence-electron chi connectivity index (χ4n) is 3.76. The zero-order valence-electron chi connectivity index (χ0n) is 15.5. The van der Waals surface area contributed by atoms with Crippen molar-refractivity contribution in [3.05, 3.63) is 29.6 Å². The molecule has 0 amide bonds. The fraction of sp³-hybridized carbons (Fsp3) is 0.667. The minimum Gasteiger partial charge on any atom is -0.426 e. The third-order valence-electron chi connectivity index (χ3n) is 5.38. The van der Waals surface area contributed by atoms with Crippen LogP contribution in [-0.2, 0) is 4.79 Å². The van der Waals surface area contributed by atoms with Gasteiger partial charge in [-0.3, -0.25) is 4.79 Å². The molecule has 0 radical (unpaired) electrons. The summed E-state index contributed by atoms with van der Waals surface area (Å²) in [6.45, 7) is 2.22. The van der Waals surface area contributed by atoms with Gasteiger partial charge in [0.15, 0.2) is 17.5 Å². The van der Waals surface area contributed by atoms with Crippen LogP contribution in [0.1, 0.15) is 77.6 Å². The second-order valence-corrected chi connectivity index (χ2v) is 7.45. The Morgan fingerprint density at radius 3 is 2.12 bits per heavy atom. The predicted molar refractivity (Wildman–Crippen MR) is 95.4 cm³/mol. The van der Waals surface area contributed by atoms with Crippen LogP contribution in [0.5, 0.6) is 5.75 Å². The molecule has 0 unspecified atom stereocenters. The van der Waals surface area contributed by atoms with Gasteiger partial charge in [0.25, 0.3) is 0 Å². The van der Waals surface area contributed by atoms with Crippen molar-refractivity contribution in [1.29, 1.82) is 0 Å². The van der Waals surface area contributed by atoms with Gasteiger partial charge in [0.2, 0.25) is 0 Å². The van der Waals surface area contributed by atoms with E-state index in [1.54, 1.807) is 0 Å². The van der Waals surface area contributed by atoms with E-state index in [0.717, 1.165) is 25.2 Å². The lowest BCUT2D eigenvalue weighted by atomic mass is 9.78. The van der Waals surface area contributed by atoms with Gasteiger partial charge < -0.3 is 4.74 Å². The van der Waals surface area contributed by atoms with E-state index in [9.17, 15) is 18.0 Å². The van der Waals surface area contributed by atoms with Crippen LogP contribution >= 0.6 is 0 Å². The van der Waals surface area contributed by atoms with E-state index < -0.39 is 23.4 Å². The van der Waals surface area contributed by atoms with Crippen molar-refractivity contribution in [1.82, 2.24) is 0 Å². The van der Waals surface area contributed by atoms with E-state index in [2.05, 4.69) is 6.92 Å². The Kier molecular flexibility index (Phi) is 8.46. The normalized spacial score (nSPS) is 20.2. The van der Waals surface area contributed by atoms with Gasteiger partial charge in [-0.25, -0.2) is 13.2 Å². The molecule has 1 aromatic carbocycles. The maximum atomic E-state index is 13.1.